The molecule has 1 aromatic carbocycles. The van der Waals surface area contributed by atoms with Gasteiger partial charge in [-0.2, -0.15) is 0 Å². The van der Waals surface area contributed by atoms with E-state index in [0.717, 1.165) is 22.5 Å². The van der Waals surface area contributed by atoms with Crippen LogP contribution in [0.4, 0.5) is 10.7 Å². The number of hydrogen-bond donors (Lipinski definition) is 1. The van der Waals surface area contributed by atoms with Crippen LogP contribution in [0.1, 0.15) is 45.0 Å². The molecule has 1 heterocycles. The van der Waals surface area contributed by atoms with E-state index in [1.54, 1.807) is 31.2 Å². The molecular formula is C21H26N2O5S. The number of anilines is 2. The Balaban J connectivity index is 2.03. The van der Waals surface area contributed by atoms with Crippen molar-refractivity contribution in [3.05, 3.63) is 45.8 Å². The number of esters is 2. The van der Waals surface area contributed by atoms with E-state index in [4.69, 9.17) is 9.47 Å². The molecule has 0 saturated carbocycles. The predicted molar refractivity (Wildman–Crippen MR) is 114 cm³/mol. The highest BCUT2D eigenvalue weighted by atomic mass is 32.1. The Morgan fingerprint density at radius 2 is 1.69 bits per heavy atom. The molecule has 0 unspecified atom stereocenters. The molecule has 1 amide bonds. The number of hydrogen-bond acceptors (Lipinski definition) is 7. The maximum Gasteiger partial charge on any atom is 0.341 e. The van der Waals surface area contributed by atoms with Crippen LogP contribution >= 0.6 is 11.3 Å². The third kappa shape index (κ3) is 5.57. The molecule has 8 heteroatoms. The van der Waals surface area contributed by atoms with Crippen molar-refractivity contribution >= 4 is 39.9 Å². The van der Waals surface area contributed by atoms with Gasteiger partial charge in [0.1, 0.15) is 5.00 Å². The van der Waals surface area contributed by atoms with Gasteiger partial charge in [0.2, 0.25) is 0 Å². The second-order valence-corrected chi connectivity index (χ2v) is 7.60. The number of ether oxygens (including phenoxy) is 2. The summed E-state index contributed by atoms with van der Waals surface area (Å²) in [6.45, 7) is 5.32. The third-order valence-corrected chi connectivity index (χ3v) is 5.60. The molecule has 0 bridgehead atoms. The van der Waals surface area contributed by atoms with Crippen molar-refractivity contribution < 1.29 is 23.9 Å². The average molecular weight is 419 g/mol. The summed E-state index contributed by atoms with van der Waals surface area (Å²) in [5, 5.41) is 3.08. The van der Waals surface area contributed by atoms with Crippen LogP contribution in [0.5, 0.6) is 0 Å². The highest BCUT2D eigenvalue weighted by Gasteiger charge is 2.23. The van der Waals surface area contributed by atoms with Crippen molar-refractivity contribution in [2.24, 2.45) is 0 Å². The summed E-state index contributed by atoms with van der Waals surface area (Å²) < 4.78 is 10.2. The van der Waals surface area contributed by atoms with Crippen LogP contribution in [-0.4, -0.2) is 45.2 Å². The molecule has 0 spiro atoms. The summed E-state index contributed by atoms with van der Waals surface area (Å²) in [4.78, 5) is 39.6. The third-order valence-electron chi connectivity index (χ3n) is 4.25. The van der Waals surface area contributed by atoms with E-state index >= 15 is 0 Å². The highest BCUT2D eigenvalue weighted by Crippen LogP contribution is 2.34. The van der Waals surface area contributed by atoms with Gasteiger partial charge in [0, 0.05) is 24.7 Å². The van der Waals surface area contributed by atoms with Crippen LogP contribution in [0.2, 0.25) is 0 Å². The number of thiophene rings is 1. The van der Waals surface area contributed by atoms with Gasteiger partial charge < -0.3 is 19.7 Å². The topological polar surface area (TPSA) is 84.9 Å². The Hall–Kier alpha value is -2.87. The van der Waals surface area contributed by atoms with Crippen LogP contribution < -0.4 is 10.2 Å². The molecule has 7 nitrogen and oxygen atoms in total. The standard InChI is InChI=1S/C21H26N2O5S/c1-6-16-13(3)18(21(26)27-7-2)19(29-16)22-17(24)12-28-20(25)14-8-10-15(11-9-14)23(4)5/h8-11H,6-7,12H2,1-5H3,(H,22,24). The van der Waals surface area contributed by atoms with Gasteiger partial charge in [-0.25, -0.2) is 9.59 Å². The number of benzene rings is 1. The number of nitrogens with one attached hydrogen (secondary N) is 1. The lowest BCUT2D eigenvalue weighted by Gasteiger charge is -2.12. The van der Waals surface area contributed by atoms with E-state index in [1.165, 1.54) is 11.3 Å². The first-order chi connectivity index (χ1) is 13.8. The zero-order valence-corrected chi connectivity index (χ0v) is 18.1. The van der Waals surface area contributed by atoms with Crippen molar-refractivity contribution in [3.63, 3.8) is 0 Å². The van der Waals surface area contributed by atoms with Crippen molar-refractivity contribution in [1.29, 1.82) is 0 Å². The summed E-state index contributed by atoms with van der Waals surface area (Å²) >= 11 is 1.33. The molecule has 0 atom stereocenters. The summed E-state index contributed by atoms with van der Waals surface area (Å²) in [6.07, 6.45) is 0.733. The van der Waals surface area contributed by atoms with Crippen LogP contribution in [0, 0.1) is 6.92 Å². The molecule has 2 aromatic rings. The lowest BCUT2D eigenvalue weighted by atomic mass is 10.1. The molecule has 2 rings (SSSR count). The predicted octanol–water partition coefficient (Wildman–Crippen LogP) is 3.66. The van der Waals surface area contributed by atoms with Crippen LogP contribution in [0.15, 0.2) is 24.3 Å². The molecule has 0 radical (unpaired) electrons. The van der Waals surface area contributed by atoms with Gasteiger partial charge >= 0.3 is 11.9 Å². The normalized spacial score (nSPS) is 10.4. The number of amides is 1. The number of carbonyl (C=O) groups is 3. The SMILES string of the molecule is CCOC(=O)c1c(NC(=O)COC(=O)c2ccc(N(C)C)cc2)sc(CC)c1C. The minimum Gasteiger partial charge on any atom is -0.462 e. The van der Waals surface area contributed by atoms with E-state index in [1.807, 2.05) is 32.8 Å². The summed E-state index contributed by atoms with van der Waals surface area (Å²) in [5.74, 6) is -1.58. The second-order valence-electron chi connectivity index (χ2n) is 6.49. The van der Waals surface area contributed by atoms with Gasteiger partial charge in [0.15, 0.2) is 6.61 Å². The van der Waals surface area contributed by atoms with Crippen molar-refractivity contribution in [3.8, 4) is 0 Å². The summed E-state index contributed by atoms with van der Waals surface area (Å²) in [6, 6.07) is 6.88. The molecular weight excluding hydrogens is 392 g/mol. The maximum absolute atomic E-state index is 12.3. The van der Waals surface area contributed by atoms with Crippen molar-refractivity contribution in [2.75, 3.05) is 37.5 Å². The van der Waals surface area contributed by atoms with Crippen LogP contribution in [-0.2, 0) is 20.7 Å². The molecule has 0 fully saturated rings. The fourth-order valence-electron chi connectivity index (χ4n) is 2.71. The molecule has 1 N–H and O–H groups in total. The fourth-order valence-corrected chi connectivity index (χ4v) is 3.86. The Kier molecular flexibility index (Phi) is 7.78. The first-order valence-electron chi connectivity index (χ1n) is 9.32. The van der Waals surface area contributed by atoms with Gasteiger partial charge in [0.05, 0.1) is 17.7 Å². The first kappa shape index (κ1) is 22.4. The zero-order valence-electron chi connectivity index (χ0n) is 17.3. The molecule has 156 valence electrons. The lowest BCUT2D eigenvalue weighted by molar-refractivity contribution is -0.119. The van der Waals surface area contributed by atoms with Gasteiger partial charge in [0.25, 0.3) is 5.91 Å². The van der Waals surface area contributed by atoms with E-state index in [0.29, 0.717) is 16.1 Å². The van der Waals surface area contributed by atoms with E-state index in [-0.39, 0.29) is 6.61 Å². The molecule has 0 aliphatic rings. The van der Waals surface area contributed by atoms with Gasteiger partial charge in [-0.05, 0) is 50.1 Å². The Morgan fingerprint density at radius 3 is 2.24 bits per heavy atom. The Morgan fingerprint density at radius 1 is 1.03 bits per heavy atom. The second kappa shape index (κ2) is 10.1. The van der Waals surface area contributed by atoms with Crippen LogP contribution in [0.3, 0.4) is 0 Å². The lowest BCUT2D eigenvalue weighted by Crippen LogP contribution is -2.21. The zero-order chi connectivity index (χ0) is 21.6. The van der Waals surface area contributed by atoms with Gasteiger partial charge in [-0.1, -0.05) is 6.92 Å². The van der Waals surface area contributed by atoms with E-state index < -0.39 is 24.5 Å². The average Bonchev–Trinajstić information content (AvgIpc) is 3.01. The first-order valence-corrected chi connectivity index (χ1v) is 10.1. The smallest absolute Gasteiger partial charge is 0.341 e. The minimum atomic E-state index is -0.590. The quantitative estimate of drug-likeness (QED) is 0.659. The monoisotopic (exact) mass is 418 g/mol. The molecule has 0 saturated heterocycles. The van der Waals surface area contributed by atoms with Crippen molar-refractivity contribution in [2.45, 2.75) is 27.2 Å². The fraction of sp³-hybridized carbons (Fsp3) is 0.381. The number of aryl methyl sites for hydroxylation is 1. The summed E-state index contributed by atoms with van der Waals surface area (Å²) in [7, 11) is 3.80. The van der Waals surface area contributed by atoms with Gasteiger partial charge in [-0.15, -0.1) is 11.3 Å². The van der Waals surface area contributed by atoms with Crippen LogP contribution in [0.25, 0.3) is 0 Å². The number of carbonyl (C=O) groups excluding carboxylic acids is 3. The number of rotatable bonds is 8. The van der Waals surface area contributed by atoms with E-state index in [2.05, 4.69) is 5.32 Å². The highest BCUT2D eigenvalue weighted by molar-refractivity contribution is 7.17. The number of nitrogens with zero attached hydrogens (tertiary/aromatic N) is 1. The maximum atomic E-state index is 12.3. The molecule has 0 aliphatic heterocycles. The molecule has 0 aliphatic carbocycles. The van der Waals surface area contributed by atoms with E-state index in [9.17, 15) is 14.4 Å². The molecule has 1 aromatic heterocycles. The van der Waals surface area contributed by atoms with Gasteiger partial charge in [-0.3, -0.25) is 4.79 Å². The van der Waals surface area contributed by atoms with Crippen molar-refractivity contribution in [1.82, 2.24) is 0 Å². The Labute approximate surface area is 174 Å². The summed E-state index contributed by atoms with van der Waals surface area (Å²) in [5.41, 5.74) is 2.46. The minimum absolute atomic E-state index is 0.243. The largest absolute Gasteiger partial charge is 0.462 e. The molecule has 29 heavy (non-hydrogen) atoms. The Bertz CT molecular complexity index is 887.